The molecule has 1 unspecified atom stereocenters. The molecule has 0 N–H and O–H groups in total. The van der Waals surface area contributed by atoms with Crippen LogP contribution < -0.4 is 0 Å². The Hall–Kier alpha value is -1.45. The van der Waals surface area contributed by atoms with Gasteiger partial charge in [-0.3, -0.25) is 0 Å². The molecule has 1 aliphatic carbocycles. The van der Waals surface area contributed by atoms with Crippen molar-refractivity contribution in [2.45, 2.75) is 18.3 Å². The van der Waals surface area contributed by atoms with Gasteiger partial charge >= 0.3 is 0 Å². The van der Waals surface area contributed by atoms with Gasteiger partial charge in [0.2, 0.25) is 0 Å². The fourth-order valence-electron chi connectivity index (χ4n) is 1.73. The fraction of sp³-hybridized carbons (Fsp3) is 0.300. The molecule has 0 aliphatic heterocycles. The number of hydrogen-bond acceptors (Lipinski definition) is 1. The average Bonchev–Trinajstić information content (AvgIpc) is 2.62. The van der Waals surface area contributed by atoms with Crippen LogP contribution in [0.3, 0.4) is 0 Å². The lowest BCUT2D eigenvalue weighted by Crippen LogP contribution is -1.91. The van der Waals surface area contributed by atoms with Crippen molar-refractivity contribution >= 4 is 5.52 Å². The van der Waals surface area contributed by atoms with Crippen LogP contribution in [-0.4, -0.2) is 15.5 Å². The molecule has 1 atom stereocenters. The molecule has 2 heterocycles. The SMILES string of the molecule is FC1(F)CC1c1cc2cccnn2c1. The lowest BCUT2D eigenvalue weighted by molar-refractivity contribution is 0.112. The van der Waals surface area contributed by atoms with Crippen LogP contribution in [0.25, 0.3) is 5.52 Å². The number of rotatable bonds is 1. The average molecular weight is 194 g/mol. The van der Waals surface area contributed by atoms with E-state index in [1.54, 1.807) is 29.0 Å². The second kappa shape index (κ2) is 2.32. The first-order valence-corrected chi connectivity index (χ1v) is 4.48. The van der Waals surface area contributed by atoms with Crippen LogP contribution in [-0.2, 0) is 0 Å². The third-order valence-electron chi connectivity index (χ3n) is 2.62. The zero-order chi connectivity index (χ0) is 9.76. The van der Waals surface area contributed by atoms with Crippen molar-refractivity contribution in [3.8, 4) is 0 Å². The van der Waals surface area contributed by atoms with Crippen molar-refractivity contribution in [1.82, 2.24) is 9.61 Å². The van der Waals surface area contributed by atoms with Gasteiger partial charge < -0.3 is 0 Å². The molecular formula is C10H8F2N2. The van der Waals surface area contributed by atoms with Gasteiger partial charge in [-0.15, -0.1) is 0 Å². The lowest BCUT2D eigenvalue weighted by atomic mass is 10.2. The summed E-state index contributed by atoms with van der Waals surface area (Å²) in [5.41, 5.74) is 1.55. The molecule has 72 valence electrons. The van der Waals surface area contributed by atoms with Crippen molar-refractivity contribution in [2.75, 3.05) is 0 Å². The van der Waals surface area contributed by atoms with E-state index in [4.69, 9.17) is 0 Å². The molecule has 0 saturated heterocycles. The molecule has 2 aromatic rings. The predicted molar refractivity (Wildman–Crippen MR) is 47.5 cm³/mol. The van der Waals surface area contributed by atoms with E-state index < -0.39 is 11.8 Å². The van der Waals surface area contributed by atoms with Crippen LogP contribution in [0.5, 0.6) is 0 Å². The molecule has 2 nitrogen and oxygen atoms in total. The summed E-state index contributed by atoms with van der Waals surface area (Å²) in [6.07, 6.45) is 3.30. The summed E-state index contributed by atoms with van der Waals surface area (Å²) in [7, 11) is 0. The minimum atomic E-state index is -2.50. The molecular weight excluding hydrogens is 186 g/mol. The predicted octanol–water partition coefficient (Wildman–Crippen LogP) is 2.46. The van der Waals surface area contributed by atoms with Crippen LogP contribution >= 0.6 is 0 Å². The maximum absolute atomic E-state index is 12.8. The van der Waals surface area contributed by atoms with Gasteiger partial charge in [0.1, 0.15) is 0 Å². The zero-order valence-corrected chi connectivity index (χ0v) is 7.32. The highest BCUT2D eigenvalue weighted by molar-refractivity contribution is 5.51. The van der Waals surface area contributed by atoms with Gasteiger partial charge in [0.25, 0.3) is 5.92 Å². The van der Waals surface area contributed by atoms with Crippen molar-refractivity contribution in [3.05, 3.63) is 36.2 Å². The van der Waals surface area contributed by atoms with Crippen molar-refractivity contribution in [1.29, 1.82) is 0 Å². The van der Waals surface area contributed by atoms with Crippen LogP contribution in [0.1, 0.15) is 17.9 Å². The standard InChI is InChI=1S/C10H8F2N2/c11-10(12)5-9(10)7-4-8-2-1-3-13-14(8)6-7/h1-4,6,9H,5H2. The molecule has 14 heavy (non-hydrogen) atoms. The minimum Gasteiger partial charge on any atom is -0.241 e. The summed E-state index contributed by atoms with van der Waals surface area (Å²) in [5.74, 6) is -3.09. The molecule has 1 aliphatic rings. The van der Waals surface area contributed by atoms with Gasteiger partial charge in [0, 0.05) is 18.8 Å². The molecule has 0 bridgehead atoms. The van der Waals surface area contributed by atoms with Gasteiger partial charge in [0.15, 0.2) is 0 Å². The smallest absolute Gasteiger partial charge is 0.241 e. The lowest BCUT2D eigenvalue weighted by Gasteiger charge is -1.91. The Morgan fingerprint density at radius 1 is 1.50 bits per heavy atom. The van der Waals surface area contributed by atoms with Crippen LogP contribution in [0.4, 0.5) is 8.78 Å². The molecule has 0 spiro atoms. The van der Waals surface area contributed by atoms with E-state index >= 15 is 0 Å². The van der Waals surface area contributed by atoms with Gasteiger partial charge in [0.05, 0.1) is 11.4 Å². The quantitative estimate of drug-likeness (QED) is 0.681. The van der Waals surface area contributed by atoms with Crippen LogP contribution in [0.15, 0.2) is 30.6 Å². The highest BCUT2D eigenvalue weighted by Gasteiger charge is 2.57. The van der Waals surface area contributed by atoms with Crippen molar-refractivity contribution < 1.29 is 8.78 Å². The fourth-order valence-corrected chi connectivity index (χ4v) is 1.73. The van der Waals surface area contributed by atoms with E-state index in [0.29, 0.717) is 5.56 Å². The topological polar surface area (TPSA) is 17.3 Å². The van der Waals surface area contributed by atoms with Gasteiger partial charge in [-0.05, 0) is 23.8 Å². The molecule has 4 heteroatoms. The van der Waals surface area contributed by atoms with Crippen LogP contribution in [0, 0.1) is 0 Å². The van der Waals surface area contributed by atoms with Gasteiger partial charge in [-0.1, -0.05) is 0 Å². The first-order chi connectivity index (χ1) is 6.67. The third-order valence-corrected chi connectivity index (χ3v) is 2.62. The Balaban J connectivity index is 2.08. The van der Waals surface area contributed by atoms with Crippen molar-refractivity contribution in [3.63, 3.8) is 0 Å². The number of fused-ring (bicyclic) bond motifs is 1. The van der Waals surface area contributed by atoms with Crippen molar-refractivity contribution in [2.24, 2.45) is 0 Å². The monoisotopic (exact) mass is 194 g/mol. The maximum Gasteiger partial charge on any atom is 0.255 e. The normalized spacial score (nSPS) is 24.0. The van der Waals surface area contributed by atoms with E-state index in [9.17, 15) is 8.78 Å². The molecule has 3 rings (SSSR count). The largest absolute Gasteiger partial charge is 0.255 e. The van der Waals surface area contributed by atoms with E-state index in [1.807, 2.05) is 6.07 Å². The van der Waals surface area contributed by atoms with E-state index in [-0.39, 0.29) is 6.42 Å². The van der Waals surface area contributed by atoms with Gasteiger partial charge in [-0.25, -0.2) is 13.3 Å². The minimum absolute atomic E-state index is 0.0239. The Morgan fingerprint density at radius 3 is 2.93 bits per heavy atom. The first-order valence-electron chi connectivity index (χ1n) is 4.48. The number of alkyl halides is 2. The summed E-state index contributed by atoms with van der Waals surface area (Å²) >= 11 is 0. The van der Waals surface area contributed by atoms with E-state index in [0.717, 1.165) is 5.52 Å². The number of aromatic nitrogens is 2. The molecule has 0 aromatic carbocycles. The Kier molecular flexibility index (Phi) is 1.31. The van der Waals surface area contributed by atoms with E-state index in [1.165, 1.54) is 0 Å². The molecule has 1 fully saturated rings. The first kappa shape index (κ1) is 7.91. The second-order valence-electron chi connectivity index (χ2n) is 3.68. The number of nitrogens with zero attached hydrogens (tertiary/aromatic N) is 2. The number of hydrogen-bond donors (Lipinski definition) is 0. The molecule has 2 aromatic heterocycles. The Bertz CT molecular complexity index is 457. The summed E-state index contributed by atoms with van der Waals surface area (Å²) < 4.78 is 27.2. The molecule has 0 radical (unpaired) electrons. The molecule has 0 amide bonds. The second-order valence-corrected chi connectivity index (χ2v) is 3.68. The zero-order valence-electron chi connectivity index (χ0n) is 7.32. The summed E-state index contributed by atoms with van der Waals surface area (Å²) in [6, 6.07) is 5.43. The maximum atomic E-state index is 12.8. The van der Waals surface area contributed by atoms with Crippen LogP contribution in [0.2, 0.25) is 0 Å². The van der Waals surface area contributed by atoms with Gasteiger partial charge in [-0.2, -0.15) is 5.10 Å². The summed E-state index contributed by atoms with van der Waals surface area (Å²) in [6.45, 7) is 0. The molecule has 1 saturated carbocycles. The highest BCUT2D eigenvalue weighted by atomic mass is 19.3. The summed E-state index contributed by atoms with van der Waals surface area (Å²) in [4.78, 5) is 0. The number of halogens is 2. The third kappa shape index (κ3) is 1.03. The Morgan fingerprint density at radius 2 is 2.29 bits per heavy atom. The van der Waals surface area contributed by atoms with E-state index in [2.05, 4.69) is 5.10 Å². The highest BCUT2D eigenvalue weighted by Crippen LogP contribution is 2.55. The Labute approximate surface area is 79.2 Å². The summed E-state index contributed by atoms with van der Waals surface area (Å²) in [5, 5.41) is 4.03.